The van der Waals surface area contributed by atoms with Gasteiger partial charge in [-0.1, -0.05) is 0 Å². The van der Waals surface area contributed by atoms with Crippen molar-refractivity contribution in [1.82, 2.24) is 39.0 Å². The molecule has 0 aliphatic heterocycles. The number of aromatic nitrogens is 8. The number of nitrogens with zero attached hydrogens (tertiary/aromatic N) is 7. The van der Waals surface area contributed by atoms with Gasteiger partial charge in [0.2, 0.25) is 5.95 Å². The molecule has 6 heterocycles. The van der Waals surface area contributed by atoms with Gasteiger partial charge in [-0.15, -0.1) is 0 Å². The lowest BCUT2D eigenvalue weighted by atomic mass is 10.1. The van der Waals surface area contributed by atoms with E-state index in [1.807, 2.05) is 36.8 Å². The molecule has 6 aromatic heterocycles. The molecule has 0 unspecified atom stereocenters. The zero-order chi connectivity index (χ0) is 26.8. The number of nitrogens with one attached hydrogen (secondary N) is 1. The van der Waals surface area contributed by atoms with Gasteiger partial charge in [0.25, 0.3) is 0 Å². The summed E-state index contributed by atoms with van der Waals surface area (Å²) in [5, 5.41) is 2.20. The van der Waals surface area contributed by atoms with Gasteiger partial charge in [-0.25, -0.2) is 19.7 Å². The third-order valence-electron chi connectivity index (χ3n) is 6.30. The largest absolute Gasteiger partial charge is 0.368 e. The summed E-state index contributed by atoms with van der Waals surface area (Å²) in [7, 11) is 0. The molecule has 0 saturated heterocycles. The summed E-state index contributed by atoms with van der Waals surface area (Å²) in [5.74, 6) is 0.289. The maximum atomic E-state index is 11.4. The van der Waals surface area contributed by atoms with Crippen molar-refractivity contribution in [2.45, 2.75) is 39.8 Å². The predicted octanol–water partition coefficient (Wildman–Crippen LogP) is 5.02. The number of aromatic amines is 1. The Morgan fingerprint density at radius 3 is 1.92 bits per heavy atom. The Hall–Kier alpha value is -4.86. The lowest BCUT2D eigenvalue weighted by Gasteiger charge is -2.07. The van der Waals surface area contributed by atoms with E-state index >= 15 is 0 Å². The van der Waals surface area contributed by atoms with Crippen molar-refractivity contribution < 1.29 is 0 Å². The van der Waals surface area contributed by atoms with Gasteiger partial charge in [0.1, 0.15) is 0 Å². The molecule has 6 aromatic rings. The fourth-order valence-electron chi connectivity index (χ4n) is 4.52. The minimum absolute atomic E-state index is 0.289. The Morgan fingerprint density at radius 1 is 0.763 bits per heavy atom. The minimum Gasteiger partial charge on any atom is -0.368 e. The van der Waals surface area contributed by atoms with Crippen LogP contribution in [0.15, 0.2) is 78.6 Å². The lowest BCUT2D eigenvalue weighted by molar-refractivity contribution is 0.622. The summed E-state index contributed by atoms with van der Waals surface area (Å²) in [6, 6.07) is 8.33. The highest BCUT2D eigenvalue weighted by Crippen LogP contribution is 2.31. The number of H-pyrrole nitrogens is 1. The van der Waals surface area contributed by atoms with E-state index in [-0.39, 0.29) is 11.6 Å². The molecule has 10 nitrogen and oxygen atoms in total. The maximum Gasteiger partial charge on any atom is 0.345 e. The molecule has 0 atom stereocenters. The highest BCUT2D eigenvalue weighted by Gasteiger charge is 2.14. The second-order valence-corrected chi connectivity index (χ2v) is 9.46. The van der Waals surface area contributed by atoms with Crippen LogP contribution in [0, 0.1) is 0 Å². The molecule has 38 heavy (non-hydrogen) atoms. The average Bonchev–Trinajstić information content (AvgIpc) is 3.49. The van der Waals surface area contributed by atoms with Gasteiger partial charge in [-0.2, -0.15) is 0 Å². The summed E-state index contributed by atoms with van der Waals surface area (Å²) in [6.45, 7) is 8.52. The van der Waals surface area contributed by atoms with Gasteiger partial charge in [0, 0.05) is 71.2 Å². The summed E-state index contributed by atoms with van der Waals surface area (Å²) < 4.78 is 4.34. The first-order valence-corrected chi connectivity index (χ1v) is 12.4. The van der Waals surface area contributed by atoms with Crippen LogP contribution in [0.4, 0.5) is 5.95 Å². The fraction of sp³-hybridized carbons (Fsp3) is 0.214. The zero-order valence-corrected chi connectivity index (χ0v) is 21.7. The molecule has 0 aliphatic carbocycles. The second kappa shape index (κ2) is 10.3. The van der Waals surface area contributed by atoms with Crippen LogP contribution in [-0.4, -0.2) is 39.0 Å². The summed E-state index contributed by atoms with van der Waals surface area (Å²) >= 11 is 0. The van der Waals surface area contributed by atoms with Crippen LogP contribution in [0.1, 0.15) is 39.8 Å². The van der Waals surface area contributed by atoms with E-state index in [1.54, 1.807) is 24.7 Å². The van der Waals surface area contributed by atoms with Crippen LogP contribution in [0.3, 0.4) is 0 Å². The molecular weight excluding hydrogens is 478 g/mol. The van der Waals surface area contributed by atoms with Gasteiger partial charge < -0.3 is 19.9 Å². The van der Waals surface area contributed by atoms with Gasteiger partial charge in [-0.05, 0) is 52.0 Å². The van der Waals surface area contributed by atoms with Crippen molar-refractivity contribution >= 4 is 27.8 Å². The summed E-state index contributed by atoms with van der Waals surface area (Å²) in [4.78, 5) is 34.4. The van der Waals surface area contributed by atoms with Gasteiger partial charge >= 0.3 is 5.69 Å². The number of nitrogen functional groups attached to an aromatic ring is 1. The normalized spacial score (nSPS) is 11.3. The van der Waals surface area contributed by atoms with E-state index in [2.05, 4.69) is 72.9 Å². The number of pyridine rings is 2. The Morgan fingerprint density at radius 2 is 1.34 bits per heavy atom. The maximum absolute atomic E-state index is 11.4. The molecule has 0 aromatic carbocycles. The molecule has 0 bridgehead atoms. The van der Waals surface area contributed by atoms with Gasteiger partial charge in [0.05, 0.1) is 34.8 Å². The predicted molar refractivity (Wildman–Crippen MR) is 150 cm³/mol. The quantitative estimate of drug-likeness (QED) is 0.342. The second-order valence-electron chi connectivity index (χ2n) is 9.46. The molecule has 0 amide bonds. The summed E-state index contributed by atoms with van der Waals surface area (Å²) in [5.41, 5.74) is 11.1. The van der Waals surface area contributed by atoms with Crippen molar-refractivity contribution in [3.05, 3.63) is 84.3 Å². The van der Waals surface area contributed by atoms with E-state index < -0.39 is 0 Å². The average molecular weight is 508 g/mol. The van der Waals surface area contributed by atoms with E-state index in [0.29, 0.717) is 12.1 Å². The first-order chi connectivity index (χ1) is 18.3. The van der Waals surface area contributed by atoms with Crippen LogP contribution < -0.4 is 11.4 Å². The van der Waals surface area contributed by atoms with Crippen molar-refractivity contribution in [2.75, 3.05) is 5.73 Å². The number of nitrogens with two attached hydrogens (primary N) is 1. The molecule has 0 radical (unpaired) electrons. The SMILES string of the molecule is CC(C)n1cc(-c2ccnc(=O)[nH]2)c2ccncc21.CC(C)n1cc(-c2ccnc(N)n2)c2ccncc21. The molecule has 0 saturated carbocycles. The molecule has 0 fully saturated rings. The van der Waals surface area contributed by atoms with Gasteiger partial charge in [-0.3, -0.25) is 9.97 Å². The lowest BCUT2D eigenvalue weighted by Crippen LogP contribution is -2.09. The van der Waals surface area contributed by atoms with Crippen molar-refractivity contribution in [2.24, 2.45) is 0 Å². The number of fused-ring (bicyclic) bond motifs is 2. The first kappa shape index (κ1) is 24.8. The Labute approximate surface area is 219 Å². The standard InChI is InChI=1S/C14H15N5.C14H14N4O/c1-9(2)19-8-11(10-3-5-16-7-13(10)19)12-4-6-17-14(15)18-12;1-9(2)18-8-11(10-3-5-15-7-13(10)18)12-4-6-16-14(19)17-12/h3-9H,1-2H3,(H2,15,17,18);3-9H,1-2H3,(H,16,17,19). The van der Waals surface area contributed by atoms with Crippen LogP contribution in [-0.2, 0) is 0 Å². The van der Waals surface area contributed by atoms with Crippen LogP contribution in [0.25, 0.3) is 44.3 Å². The Balaban J connectivity index is 0.000000155. The Kier molecular flexibility index (Phi) is 6.69. The van der Waals surface area contributed by atoms with Crippen molar-refractivity contribution in [1.29, 1.82) is 0 Å². The van der Waals surface area contributed by atoms with E-state index in [4.69, 9.17) is 5.73 Å². The highest BCUT2D eigenvalue weighted by atomic mass is 16.1. The van der Waals surface area contributed by atoms with Crippen molar-refractivity contribution in [3.8, 4) is 22.5 Å². The van der Waals surface area contributed by atoms with Crippen molar-refractivity contribution in [3.63, 3.8) is 0 Å². The topological polar surface area (TPSA) is 133 Å². The molecule has 10 heteroatoms. The number of anilines is 1. The van der Waals surface area contributed by atoms with E-state index in [1.165, 1.54) is 6.20 Å². The molecule has 6 rings (SSSR count). The zero-order valence-electron chi connectivity index (χ0n) is 21.7. The third kappa shape index (κ3) is 4.75. The summed E-state index contributed by atoms with van der Waals surface area (Å²) in [6.07, 6.45) is 14.6. The molecule has 3 N–H and O–H groups in total. The smallest absolute Gasteiger partial charge is 0.345 e. The van der Waals surface area contributed by atoms with Crippen LogP contribution in [0.2, 0.25) is 0 Å². The van der Waals surface area contributed by atoms with Gasteiger partial charge in [0.15, 0.2) is 0 Å². The first-order valence-electron chi connectivity index (χ1n) is 12.4. The minimum atomic E-state index is -0.336. The highest BCUT2D eigenvalue weighted by molar-refractivity contribution is 5.95. The number of hydrogen-bond donors (Lipinski definition) is 2. The van der Waals surface area contributed by atoms with E-state index in [0.717, 1.165) is 44.3 Å². The number of hydrogen-bond acceptors (Lipinski definition) is 7. The Bertz CT molecular complexity index is 1780. The molecule has 0 spiro atoms. The third-order valence-corrected chi connectivity index (χ3v) is 6.30. The number of rotatable bonds is 4. The molecule has 192 valence electrons. The fourth-order valence-corrected chi connectivity index (χ4v) is 4.52. The molecule has 0 aliphatic rings. The molecular formula is C28H29N9O. The van der Waals surface area contributed by atoms with Crippen LogP contribution in [0.5, 0.6) is 0 Å². The monoisotopic (exact) mass is 507 g/mol. The van der Waals surface area contributed by atoms with E-state index in [9.17, 15) is 4.79 Å². The van der Waals surface area contributed by atoms with Crippen LogP contribution >= 0.6 is 0 Å².